The number of nitrogens with one attached hydrogen (secondary N) is 2. The Balaban J connectivity index is 0.00000180. The number of furan rings is 1. The molecule has 0 aliphatic heterocycles. The Morgan fingerprint density at radius 1 is 1.32 bits per heavy atom. The Morgan fingerprint density at radius 3 is 2.68 bits per heavy atom. The molecule has 5 heteroatoms. The van der Waals surface area contributed by atoms with Gasteiger partial charge in [0.25, 0.3) is 0 Å². The topological polar surface area (TPSA) is 49.6 Å². The van der Waals surface area contributed by atoms with Crippen LogP contribution in [0, 0.1) is 0 Å². The molecule has 0 amide bonds. The fourth-order valence-electron chi connectivity index (χ4n) is 1.76. The SMILES string of the molecule is CN=C(NCc1cc2ccccc2o1)NC(C)C.I. The van der Waals surface area contributed by atoms with Crippen LogP contribution in [0.25, 0.3) is 11.0 Å². The largest absolute Gasteiger partial charge is 0.459 e. The predicted molar refractivity (Wildman–Crippen MR) is 90.1 cm³/mol. The monoisotopic (exact) mass is 373 g/mol. The zero-order valence-electron chi connectivity index (χ0n) is 11.4. The summed E-state index contributed by atoms with van der Waals surface area (Å²) in [5.41, 5.74) is 0.918. The van der Waals surface area contributed by atoms with Crippen LogP contribution < -0.4 is 10.6 Å². The van der Waals surface area contributed by atoms with Gasteiger partial charge < -0.3 is 15.1 Å². The maximum Gasteiger partial charge on any atom is 0.191 e. The van der Waals surface area contributed by atoms with E-state index in [0.29, 0.717) is 12.6 Å². The van der Waals surface area contributed by atoms with Crippen LogP contribution in [0.4, 0.5) is 0 Å². The summed E-state index contributed by atoms with van der Waals surface area (Å²) in [5.74, 6) is 1.69. The number of aliphatic imine (C=N–C) groups is 1. The number of para-hydroxylation sites is 1. The Hall–Kier alpha value is -1.24. The molecule has 0 radical (unpaired) electrons. The molecule has 0 aliphatic rings. The van der Waals surface area contributed by atoms with Crippen LogP contribution >= 0.6 is 24.0 Å². The Labute approximate surface area is 130 Å². The van der Waals surface area contributed by atoms with Crippen LogP contribution in [-0.4, -0.2) is 19.0 Å². The van der Waals surface area contributed by atoms with Crippen LogP contribution in [0.2, 0.25) is 0 Å². The van der Waals surface area contributed by atoms with Gasteiger partial charge in [0.05, 0.1) is 6.54 Å². The summed E-state index contributed by atoms with van der Waals surface area (Å²) in [7, 11) is 1.76. The van der Waals surface area contributed by atoms with E-state index in [2.05, 4.69) is 29.5 Å². The number of rotatable bonds is 3. The van der Waals surface area contributed by atoms with Gasteiger partial charge in [-0.05, 0) is 26.0 Å². The van der Waals surface area contributed by atoms with Crippen molar-refractivity contribution in [3.05, 3.63) is 36.1 Å². The maximum atomic E-state index is 5.72. The lowest BCUT2D eigenvalue weighted by Gasteiger charge is -2.13. The Morgan fingerprint density at radius 2 is 2.05 bits per heavy atom. The standard InChI is InChI=1S/C14H19N3O.HI/c1-10(2)17-14(15-3)16-9-12-8-11-6-4-5-7-13(11)18-12;/h4-8,10H,9H2,1-3H3,(H2,15,16,17);1H. The summed E-state index contributed by atoms with van der Waals surface area (Å²) < 4.78 is 5.72. The molecule has 19 heavy (non-hydrogen) atoms. The fourth-order valence-corrected chi connectivity index (χ4v) is 1.76. The van der Waals surface area contributed by atoms with Crippen molar-refractivity contribution in [2.45, 2.75) is 26.4 Å². The molecule has 0 saturated carbocycles. The van der Waals surface area contributed by atoms with Gasteiger partial charge in [-0.25, -0.2) is 0 Å². The summed E-state index contributed by atoms with van der Waals surface area (Å²) in [4.78, 5) is 4.15. The molecule has 0 unspecified atom stereocenters. The van der Waals surface area contributed by atoms with Crippen LogP contribution in [0.5, 0.6) is 0 Å². The third-order valence-corrected chi connectivity index (χ3v) is 2.56. The minimum Gasteiger partial charge on any atom is -0.459 e. The highest BCUT2D eigenvalue weighted by Gasteiger charge is 2.04. The lowest BCUT2D eigenvalue weighted by atomic mass is 10.2. The predicted octanol–water partition coefficient (Wildman–Crippen LogP) is 3.12. The normalized spacial score (nSPS) is 11.5. The Bertz CT molecular complexity index is 515. The second kappa shape index (κ2) is 7.37. The summed E-state index contributed by atoms with van der Waals surface area (Å²) in [6, 6.07) is 10.4. The van der Waals surface area contributed by atoms with Crippen molar-refractivity contribution < 1.29 is 4.42 Å². The van der Waals surface area contributed by atoms with E-state index in [1.807, 2.05) is 30.3 Å². The van der Waals surface area contributed by atoms with Crippen molar-refractivity contribution in [1.82, 2.24) is 10.6 Å². The minimum atomic E-state index is 0. The van der Waals surface area contributed by atoms with Gasteiger partial charge >= 0.3 is 0 Å². The molecule has 0 saturated heterocycles. The molecule has 104 valence electrons. The highest BCUT2D eigenvalue weighted by atomic mass is 127. The summed E-state index contributed by atoms with van der Waals surface area (Å²) >= 11 is 0. The number of guanidine groups is 1. The van der Waals surface area contributed by atoms with Crippen molar-refractivity contribution >= 4 is 40.9 Å². The maximum absolute atomic E-state index is 5.72. The second-order valence-corrected chi connectivity index (χ2v) is 4.48. The number of hydrogen-bond acceptors (Lipinski definition) is 2. The summed E-state index contributed by atoms with van der Waals surface area (Å²) in [5, 5.41) is 7.58. The number of nitrogens with zero attached hydrogens (tertiary/aromatic N) is 1. The molecular formula is C14H20IN3O. The number of halogens is 1. The molecule has 0 fully saturated rings. The third-order valence-electron chi connectivity index (χ3n) is 2.56. The van der Waals surface area contributed by atoms with Crippen molar-refractivity contribution in [2.24, 2.45) is 4.99 Å². The average molecular weight is 373 g/mol. The first kappa shape index (κ1) is 15.8. The number of fused-ring (bicyclic) bond motifs is 1. The zero-order valence-corrected chi connectivity index (χ0v) is 13.8. The number of benzene rings is 1. The van der Waals surface area contributed by atoms with Crippen LogP contribution in [0.15, 0.2) is 39.7 Å². The molecule has 4 nitrogen and oxygen atoms in total. The van der Waals surface area contributed by atoms with E-state index in [-0.39, 0.29) is 24.0 Å². The molecule has 2 N–H and O–H groups in total. The zero-order chi connectivity index (χ0) is 13.0. The second-order valence-electron chi connectivity index (χ2n) is 4.48. The molecule has 2 rings (SSSR count). The van der Waals surface area contributed by atoms with Gasteiger partial charge in [-0.1, -0.05) is 18.2 Å². The first-order valence-electron chi connectivity index (χ1n) is 6.13. The molecule has 1 aromatic carbocycles. The first-order chi connectivity index (χ1) is 8.69. The van der Waals surface area contributed by atoms with Gasteiger partial charge in [0.15, 0.2) is 5.96 Å². The van der Waals surface area contributed by atoms with Gasteiger partial charge in [0, 0.05) is 18.5 Å². The van der Waals surface area contributed by atoms with Crippen molar-refractivity contribution in [3.63, 3.8) is 0 Å². The van der Waals surface area contributed by atoms with E-state index < -0.39 is 0 Å². The van der Waals surface area contributed by atoms with Crippen molar-refractivity contribution in [2.75, 3.05) is 7.05 Å². The molecule has 1 aromatic heterocycles. The van der Waals surface area contributed by atoms with Crippen molar-refractivity contribution in [1.29, 1.82) is 0 Å². The van der Waals surface area contributed by atoms with E-state index >= 15 is 0 Å². The Kier molecular flexibility index (Phi) is 6.14. The highest BCUT2D eigenvalue weighted by molar-refractivity contribution is 14.0. The highest BCUT2D eigenvalue weighted by Crippen LogP contribution is 2.18. The minimum absolute atomic E-state index is 0. The third kappa shape index (κ3) is 4.41. The molecule has 0 atom stereocenters. The van der Waals surface area contributed by atoms with Gasteiger partial charge in [-0.3, -0.25) is 4.99 Å². The van der Waals surface area contributed by atoms with Gasteiger partial charge in [0.2, 0.25) is 0 Å². The lowest BCUT2D eigenvalue weighted by Crippen LogP contribution is -2.40. The smallest absolute Gasteiger partial charge is 0.191 e. The molecular weight excluding hydrogens is 353 g/mol. The van der Waals surface area contributed by atoms with Crippen molar-refractivity contribution in [3.8, 4) is 0 Å². The molecule has 0 spiro atoms. The lowest BCUT2D eigenvalue weighted by molar-refractivity contribution is 0.537. The molecule has 0 aliphatic carbocycles. The summed E-state index contributed by atoms with van der Waals surface area (Å²) in [6.45, 7) is 4.78. The van der Waals surface area contributed by atoms with Gasteiger partial charge in [0.1, 0.15) is 11.3 Å². The van der Waals surface area contributed by atoms with E-state index in [0.717, 1.165) is 22.7 Å². The van der Waals surface area contributed by atoms with E-state index in [4.69, 9.17) is 4.42 Å². The number of hydrogen-bond donors (Lipinski definition) is 2. The van der Waals surface area contributed by atoms with Gasteiger partial charge in [-0.15, -0.1) is 24.0 Å². The summed E-state index contributed by atoms with van der Waals surface area (Å²) in [6.07, 6.45) is 0. The van der Waals surface area contributed by atoms with Crippen LogP contribution in [-0.2, 0) is 6.54 Å². The quantitative estimate of drug-likeness (QED) is 0.494. The molecule has 1 heterocycles. The average Bonchev–Trinajstić information content (AvgIpc) is 2.76. The van der Waals surface area contributed by atoms with E-state index in [1.165, 1.54) is 0 Å². The van der Waals surface area contributed by atoms with Gasteiger partial charge in [-0.2, -0.15) is 0 Å². The first-order valence-corrected chi connectivity index (χ1v) is 6.13. The van der Waals surface area contributed by atoms with E-state index in [1.54, 1.807) is 7.05 Å². The molecule has 0 bridgehead atoms. The van der Waals surface area contributed by atoms with Crippen LogP contribution in [0.3, 0.4) is 0 Å². The van der Waals surface area contributed by atoms with E-state index in [9.17, 15) is 0 Å². The fraction of sp³-hybridized carbons (Fsp3) is 0.357. The molecule has 2 aromatic rings. The van der Waals surface area contributed by atoms with Crippen LogP contribution in [0.1, 0.15) is 19.6 Å².